The van der Waals surface area contributed by atoms with Crippen molar-refractivity contribution in [2.45, 2.75) is 44.6 Å². The van der Waals surface area contributed by atoms with Crippen LogP contribution in [0.25, 0.3) is 0 Å². The second kappa shape index (κ2) is 11.2. The number of benzene rings is 1. The molecule has 2 N–H and O–H groups in total. The van der Waals surface area contributed by atoms with E-state index >= 15 is 0 Å². The zero-order valence-electron chi connectivity index (χ0n) is 17.5. The van der Waals surface area contributed by atoms with E-state index in [1.807, 2.05) is 6.07 Å². The third-order valence-electron chi connectivity index (χ3n) is 5.84. The summed E-state index contributed by atoms with van der Waals surface area (Å²) in [5.74, 6) is -0.0970. The molecule has 0 radical (unpaired) electrons. The molecule has 1 aliphatic heterocycles. The maximum atomic E-state index is 11.3. The molecule has 2 aliphatic rings. The Kier molecular flexibility index (Phi) is 8.31. The van der Waals surface area contributed by atoms with Gasteiger partial charge in [0.2, 0.25) is 0 Å². The molecule has 7 heteroatoms. The van der Waals surface area contributed by atoms with Crippen LogP contribution >= 0.6 is 0 Å². The van der Waals surface area contributed by atoms with Crippen LogP contribution in [0.4, 0.5) is 5.69 Å². The number of carbonyl (C=O) groups is 1. The van der Waals surface area contributed by atoms with Gasteiger partial charge in [-0.05, 0) is 37.5 Å². The Morgan fingerprint density at radius 1 is 1.21 bits per heavy atom. The average Bonchev–Trinajstić information content (AvgIpc) is 2.77. The first-order valence-electron chi connectivity index (χ1n) is 10.8. The normalized spacial score (nSPS) is 19.3. The Hall–Kier alpha value is -2.12. The predicted molar refractivity (Wildman–Crippen MR) is 116 cm³/mol. The van der Waals surface area contributed by atoms with Crippen LogP contribution in [-0.4, -0.2) is 79.3 Å². The molecule has 1 heterocycles. The van der Waals surface area contributed by atoms with Crippen LogP contribution in [0, 0.1) is 0 Å². The molecule has 1 saturated carbocycles. The van der Waals surface area contributed by atoms with Gasteiger partial charge >= 0.3 is 5.97 Å². The van der Waals surface area contributed by atoms with Gasteiger partial charge in [-0.3, -0.25) is 9.89 Å². The van der Waals surface area contributed by atoms with Crippen LogP contribution in [0.3, 0.4) is 0 Å². The second-order valence-electron chi connectivity index (χ2n) is 7.88. The smallest absolute Gasteiger partial charge is 0.335 e. The number of carboxylic acids is 1. The maximum absolute atomic E-state index is 11.3. The SMILES string of the molecule is COCCCN=C(Nc1cccc(C(=O)O)c1)N1CCN(C2CCCCC2)CC1. The number of piperazine rings is 1. The van der Waals surface area contributed by atoms with E-state index in [-0.39, 0.29) is 5.56 Å². The van der Waals surface area contributed by atoms with E-state index in [1.165, 1.54) is 32.1 Å². The minimum Gasteiger partial charge on any atom is -0.478 e. The topological polar surface area (TPSA) is 77.4 Å². The third kappa shape index (κ3) is 6.44. The summed E-state index contributed by atoms with van der Waals surface area (Å²) in [5.41, 5.74) is 1.03. The van der Waals surface area contributed by atoms with Gasteiger partial charge in [-0.25, -0.2) is 4.79 Å². The number of carboxylic acid groups (broad SMARTS) is 1. The Morgan fingerprint density at radius 2 is 1.97 bits per heavy atom. The van der Waals surface area contributed by atoms with Crippen molar-refractivity contribution in [3.05, 3.63) is 29.8 Å². The van der Waals surface area contributed by atoms with Crippen molar-refractivity contribution in [3.8, 4) is 0 Å². The van der Waals surface area contributed by atoms with Crippen LogP contribution in [0.1, 0.15) is 48.9 Å². The highest BCUT2D eigenvalue weighted by Crippen LogP contribution is 2.23. The van der Waals surface area contributed by atoms with Gasteiger partial charge in [-0.2, -0.15) is 0 Å². The number of rotatable bonds is 7. The number of aliphatic imine (C=N–C) groups is 1. The van der Waals surface area contributed by atoms with Crippen LogP contribution in [0.5, 0.6) is 0 Å². The molecule has 29 heavy (non-hydrogen) atoms. The largest absolute Gasteiger partial charge is 0.478 e. The van der Waals surface area contributed by atoms with Gasteiger partial charge < -0.3 is 20.1 Å². The summed E-state index contributed by atoms with van der Waals surface area (Å²) in [5, 5.41) is 12.6. The molecule has 1 aliphatic carbocycles. The Balaban J connectivity index is 1.64. The molecule has 1 saturated heterocycles. The molecule has 1 aromatic rings. The van der Waals surface area contributed by atoms with Gasteiger partial charge in [0.25, 0.3) is 0 Å². The monoisotopic (exact) mass is 402 g/mol. The molecule has 0 aromatic heterocycles. The van der Waals surface area contributed by atoms with E-state index in [4.69, 9.17) is 9.73 Å². The Labute approximate surface area is 173 Å². The van der Waals surface area contributed by atoms with Crippen molar-refractivity contribution in [1.82, 2.24) is 9.80 Å². The lowest BCUT2D eigenvalue weighted by atomic mass is 9.94. The Morgan fingerprint density at radius 3 is 2.66 bits per heavy atom. The average molecular weight is 403 g/mol. The molecule has 160 valence electrons. The van der Waals surface area contributed by atoms with E-state index in [0.29, 0.717) is 13.2 Å². The minimum atomic E-state index is -0.923. The number of guanidine groups is 1. The zero-order valence-corrected chi connectivity index (χ0v) is 17.5. The lowest BCUT2D eigenvalue weighted by Crippen LogP contribution is -2.53. The highest BCUT2D eigenvalue weighted by atomic mass is 16.5. The summed E-state index contributed by atoms with van der Waals surface area (Å²) >= 11 is 0. The van der Waals surface area contributed by atoms with Gasteiger partial charge in [0.15, 0.2) is 5.96 Å². The molecule has 0 spiro atoms. The number of hydrogen-bond acceptors (Lipinski definition) is 4. The molecule has 0 atom stereocenters. The standard InChI is InChI=1S/C22H34N4O3/c1-29-16-6-11-23-22(24-19-8-5-7-18(17-19)21(27)28)26-14-12-25(13-15-26)20-9-3-2-4-10-20/h5,7-8,17,20H,2-4,6,9-16H2,1H3,(H,23,24)(H,27,28). The molecule has 0 amide bonds. The lowest BCUT2D eigenvalue weighted by molar-refractivity contribution is 0.0697. The number of ether oxygens (including phenoxy) is 1. The molecule has 0 bridgehead atoms. The van der Waals surface area contributed by atoms with E-state index in [1.54, 1.807) is 25.3 Å². The summed E-state index contributed by atoms with van der Waals surface area (Å²) in [4.78, 5) is 21.0. The first-order valence-corrected chi connectivity index (χ1v) is 10.8. The van der Waals surface area contributed by atoms with Gasteiger partial charge in [-0.1, -0.05) is 25.3 Å². The highest BCUT2D eigenvalue weighted by molar-refractivity contribution is 5.95. The Bertz CT molecular complexity index is 680. The summed E-state index contributed by atoms with van der Waals surface area (Å²) in [6.07, 6.45) is 7.63. The molecule has 0 unspecified atom stereocenters. The van der Waals surface area contributed by atoms with Gasteiger partial charge in [0, 0.05) is 58.2 Å². The number of nitrogens with one attached hydrogen (secondary N) is 1. The van der Waals surface area contributed by atoms with Gasteiger partial charge in [0.05, 0.1) is 5.56 Å². The third-order valence-corrected chi connectivity index (χ3v) is 5.84. The maximum Gasteiger partial charge on any atom is 0.335 e. The van der Waals surface area contributed by atoms with Gasteiger partial charge in [0.1, 0.15) is 0 Å². The fourth-order valence-electron chi connectivity index (χ4n) is 4.22. The molecule has 2 fully saturated rings. The van der Waals surface area contributed by atoms with Crippen molar-refractivity contribution >= 4 is 17.6 Å². The summed E-state index contributed by atoms with van der Waals surface area (Å²) in [6, 6.07) is 7.65. The van der Waals surface area contributed by atoms with E-state index in [2.05, 4.69) is 15.1 Å². The molecule has 3 rings (SSSR count). The number of hydrogen-bond donors (Lipinski definition) is 2. The lowest BCUT2D eigenvalue weighted by Gasteiger charge is -2.41. The molecular formula is C22H34N4O3. The van der Waals surface area contributed by atoms with Crippen molar-refractivity contribution < 1.29 is 14.6 Å². The minimum absolute atomic E-state index is 0.274. The first kappa shape index (κ1) is 21.6. The van der Waals surface area contributed by atoms with Crippen LogP contribution in [-0.2, 0) is 4.74 Å². The number of methoxy groups -OCH3 is 1. The van der Waals surface area contributed by atoms with Crippen LogP contribution in [0.2, 0.25) is 0 Å². The number of anilines is 1. The fourth-order valence-corrected chi connectivity index (χ4v) is 4.22. The molecular weight excluding hydrogens is 368 g/mol. The summed E-state index contributed by atoms with van der Waals surface area (Å²) < 4.78 is 5.14. The number of nitrogens with zero attached hydrogens (tertiary/aromatic N) is 3. The van der Waals surface area contributed by atoms with E-state index in [9.17, 15) is 9.90 Å². The molecule has 1 aromatic carbocycles. The summed E-state index contributed by atoms with van der Waals surface area (Å²) in [6.45, 7) is 5.34. The van der Waals surface area contributed by atoms with E-state index in [0.717, 1.165) is 50.3 Å². The van der Waals surface area contributed by atoms with Crippen molar-refractivity contribution in [2.24, 2.45) is 4.99 Å². The second-order valence-corrected chi connectivity index (χ2v) is 7.88. The van der Waals surface area contributed by atoms with Crippen LogP contribution < -0.4 is 5.32 Å². The van der Waals surface area contributed by atoms with Gasteiger partial charge in [-0.15, -0.1) is 0 Å². The quantitative estimate of drug-likeness (QED) is 0.415. The predicted octanol–water partition coefficient (Wildman–Crippen LogP) is 3.14. The number of aromatic carboxylic acids is 1. The fraction of sp³-hybridized carbons (Fsp3) is 0.636. The zero-order chi connectivity index (χ0) is 20.5. The van der Waals surface area contributed by atoms with E-state index < -0.39 is 5.97 Å². The van der Waals surface area contributed by atoms with Crippen molar-refractivity contribution in [3.63, 3.8) is 0 Å². The van der Waals surface area contributed by atoms with Crippen LogP contribution in [0.15, 0.2) is 29.3 Å². The van der Waals surface area contributed by atoms with Crippen molar-refractivity contribution in [1.29, 1.82) is 0 Å². The summed E-state index contributed by atoms with van der Waals surface area (Å²) in [7, 11) is 1.70. The van der Waals surface area contributed by atoms with Crippen molar-refractivity contribution in [2.75, 3.05) is 51.8 Å². The first-order chi connectivity index (χ1) is 14.2. The molecule has 7 nitrogen and oxygen atoms in total. The highest BCUT2D eigenvalue weighted by Gasteiger charge is 2.26.